The highest BCUT2D eigenvalue weighted by Crippen LogP contribution is 2.38. The van der Waals surface area contributed by atoms with Crippen LogP contribution in [0.4, 0.5) is 0 Å². The summed E-state index contributed by atoms with van der Waals surface area (Å²) in [5.41, 5.74) is 3.76. The summed E-state index contributed by atoms with van der Waals surface area (Å²) in [5, 5.41) is 2.35. The van der Waals surface area contributed by atoms with Crippen LogP contribution in [0.15, 0.2) is 93.5 Å². The molecule has 4 aromatic carbocycles. The van der Waals surface area contributed by atoms with E-state index in [9.17, 15) is 21.4 Å². The summed E-state index contributed by atoms with van der Waals surface area (Å²) in [6.07, 6.45) is 0. The fraction of sp³-hybridized carbons (Fsp3) is 0. The zero-order chi connectivity index (χ0) is 32.9. The van der Waals surface area contributed by atoms with Gasteiger partial charge in [0.1, 0.15) is 22.6 Å². The Morgan fingerprint density at radius 3 is 1.62 bits per heavy atom. The third-order valence-corrected chi connectivity index (χ3v) is 10.0. The first kappa shape index (κ1) is 28.7. The van der Waals surface area contributed by atoms with Crippen molar-refractivity contribution in [2.75, 3.05) is 0 Å². The van der Waals surface area contributed by atoms with Gasteiger partial charge in [-0.25, -0.2) is 38.3 Å². The highest BCUT2D eigenvalue weighted by atomic mass is 32.2. The predicted octanol–water partition coefficient (Wildman–Crippen LogP) is 5.37. The van der Waals surface area contributed by atoms with Gasteiger partial charge >= 0.3 is 0 Å². The van der Waals surface area contributed by atoms with Crippen molar-refractivity contribution in [2.45, 2.75) is 14.7 Å². The number of aromatic nitrogens is 8. The minimum absolute atomic E-state index is 0.0733. The summed E-state index contributed by atoms with van der Waals surface area (Å²) in [4.78, 5) is 35.9. The Kier molecular flexibility index (Phi) is 6.10. The van der Waals surface area contributed by atoms with Gasteiger partial charge in [-0.05, 0) is 54.6 Å². The number of nitrogens with one attached hydrogen (secondary N) is 2. The first-order valence-corrected chi connectivity index (χ1v) is 17.3. The third-order valence-electron chi connectivity index (χ3n) is 8.19. The number of aromatic amines is 2. The van der Waals surface area contributed by atoms with Crippen LogP contribution >= 0.6 is 12.6 Å². The minimum Gasteiger partial charge on any atom is -0.324 e. The first-order chi connectivity index (χ1) is 23.1. The Morgan fingerprint density at radius 1 is 0.562 bits per heavy atom. The van der Waals surface area contributed by atoms with Gasteiger partial charge in [-0.1, -0.05) is 24.3 Å². The molecule has 0 atom stereocenters. The fourth-order valence-corrected chi connectivity index (χ4v) is 7.11. The number of nitrogens with zero attached hydrogens (tertiary/aromatic N) is 6. The van der Waals surface area contributed by atoms with Gasteiger partial charge in [0.05, 0.1) is 9.79 Å². The molecular weight excluding hydrogens is 673 g/mol. The molecule has 0 aliphatic carbocycles. The lowest BCUT2D eigenvalue weighted by atomic mass is 10.1. The van der Waals surface area contributed by atoms with E-state index < -0.39 is 20.8 Å². The predicted molar refractivity (Wildman–Crippen MR) is 182 cm³/mol. The molecule has 0 saturated carbocycles. The second kappa shape index (κ2) is 10.2. The zero-order valence-corrected chi connectivity index (χ0v) is 26.7. The summed E-state index contributed by atoms with van der Waals surface area (Å²) in [6, 6.07) is 21.7. The standard InChI is InChI=1S/C32H18N8O5S3/c41-47(42)15-6-9-20-23(12-15)31-35-26-18-4-2-1-3-17(18)25(33-26)34-27-19-8-5-14(46)11-22(19)30(36-27)37-29-21-10-7-16(48(43,44)45)13-24(21)32(40-29)39-28(20)38-31/h1-13,46-47H,(H,43,44,45)(H2,33,34,35,36,37,38,39,40). The van der Waals surface area contributed by atoms with Crippen LogP contribution < -0.4 is 0 Å². The van der Waals surface area contributed by atoms with Gasteiger partial charge in [0.15, 0.2) is 34.0 Å². The van der Waals surface area contributed by atoms with Gasteiger partial charge in [0.2, 0.25) is 0 Å². The number of H-pyrrole nitrogens is 2. The molecule has 9 rings (SSSR count). The van der Waals surface area contributed by atoms with Crippen molar-refractivity contribution in [1.29, 1.82) is 0 Å². The smallest absolute Gasteiger partial charge is 0.294 e. The maximum atomic E-state index is 12.1. The number of fused-ring (bicyclic) bond motifs is 20. The van der Waals surface area contributed by atoms with Crippen LogP contribution in [0.2, 0.25) is 0 Å². The zero-order valence-electron chi connectivity index (χ0n) is 24.1. The summed E-state index contributed by atoms with van der Waals surface area (Å²) in [6.45, 7) is 0. The highest BCUT2D eigenvalue weighted by molar-refractivity contribution is 7.85. The van der Waals surface area contributed by atoms with Gasteiger partial charge in [0.25, 0.3) is 10.1 Å². The molecular formula is C32H18N8O5S3. The molecule has 2 aliphatic heterocycles. The van der Waals surface area contributed by atoms with E-state index in [0.717, 1.165) is 16.3 Å². The van der Waals surface area contributed by atoms with E-state index in [1.54, 1.807) is 6.07 Å². The fourth-order valence-electron chi connectivity index (χ4n) is 5.97. The van der Waals surface area contributed by atoms with Crippen LogP contribution in [-0.4, -0.2) is 61.3 Å². The van der Waals surface area contributed by atoms with Crippen molar-refractivity contribution >= 4 is 77.6 Å². The molecule has 16 heteroatoms. The van der Waals surface area contributed by atoms with E-state index in [-0.39, 0.29) is 27.1 Å². The number of hydrogen-bond donors (Lipinski definition) is 5. The molecule has 0 unspecified atom stereocenters. The Labute approximate surface area is 277 Å². The molecule has 234 valence electrons. The van der Waals surface area contributed by atoms with Crippen molar-refractivity contribution in [3.05, 3.63) is 78.9 Å². The van der Waals surface area contributed by atoms with Gasteiger partial charge in [-0.15, -0.1) is 12.6 Å². The van der Waals surface area contributed by atoms with Gasteiger partial charge in [0, 0.05) is 48.7 Å². The maximum absolute atomic E-state index is 12.1. The van der Waals surface area contributed by atoms with Crippen molar-refractivity contribution in [3.8, 4) is 45.6 Å². The molecule has 3 N–H and O–H groups in total. The monoisotopic (exact) mass is 690 g/mol. The van der Waals surface area contributed by atoms with E-state index in [4.69, 9.17) is 29.9 Å². The van der Waals surface area contributed by atoms with Crippen molar-refractivity contribution in [2.24, 2.45) is 0 Å². The van der Waals surface area contributed by atoms with Crippen molar-refractivity contribution < 1.29 is 21.4 Å². The third kappa shape index (κ3) is 4.49. The van der Waals surface area contributed by atoms with E-state index >= 15 is 0 Å². The summed E-state index contributed by atoms with van der Waals surface area (Å²) in [7, 11) is -7.47. The molecule has 48 heavy (non-hydrogen) atoms. The molecule has 5 heterocycles. The molecule has 2 aliphatic rings. The summed E-state index contributed by atoms with van der Waals surface area (Å²) < 4.78 is 58.1. The van der Waals surface area contributed by atoms with Crippen LogP contribution in [0.1, 0.15) is 0 Å². The van der Waals surface area contributed by atoms with Crippen LogP contribution in [0.5, 0.6) is 0 Å². The maximum Gasteiger partial charge on any atom is 0.294 e. The second-order valence-electron chi connectivity index (χ2n) is 11.1. The normalized spacial score (nSPS) is 12.5. The Morgan fingerprint density at radius 2 is 1.06 bits per heavy atom. The van der Waals surface area contributed by atoms with E-state index in [1.165, 1.54) is 30.3 Å². The average Bonchev–Trinajstić information content (AvgIpc) is 3.79. The number of rotatable bonds is 2. The molecule has 7 aromatic rings. The van der Waals surface area contributed by atoms with Crippen molar-refractivity contribution in [1.82, 2.24) is 39.9 Å². The van der Waals surface area contributed by atoms with Crippen molar-refractivity contribution in [3.63, 3.8) is 0 Å². The molecule has 8 bridgehead atoms. The molecule has 13 nitrogen and oxygen atoms in total. The quantitative estimate of drug-likeness (QED) is 0.115. The first-order valence-electron chi connectivity index (χ1n) is 14.3. The Balaban J connectivity index is 1.49. The van der Waals surface area contributed by atoms with E-state index in [2.05, 4.69) is 22.6 Å². The Bertz CT molecular complexity index is 2950. The average molecular weight is 691 g/mol. The number of benzene rings is 4. The van der Waals surface area contributed by atoms with E-state index in [0.29, 0.717) is 60.9 Å². The topological polar surface area (TPSA) is 197 Å². The molecule has 0 fully saturated rings. The lowest BCUT2D eigenvalue weighted by molar-refractivity contribution is 0.483. The lowest BCUT2D eigenvalue weighted by Gasteiger charge is -1.99. The second-order valence-corrected chi connectivity index (χ2v) is 14.0. The molecule has 0 amide bonds. The minimum atomic E-state index is -4.56. The Hall–Kier alpha value is -5.55. The molecule has 0 spiro atoms. The van der Waals surface area contributed by atoms with Crippen LogP contribution in [-0.2, 0) is 20.8 Å². The molecule has 3 aromatic heterocycles. The number of thiol groups is 2. The SMILES string of the molecule is O=[SH](=O)c1ccc2c(c1)-c1nc-2nc2[nH]c(nc3nc(nc4[nH]c(n1)c1ccccc41)-c1ccc(S)cc1-3)c1ccc(S(=O)(=O)O)cc21. The van der Waals surface area contributed by atoms with Gasteiger partial charge in [-0.2, -0.15) is 8.42 Å². The summed E-state index contributed by atoms with van der Waals surface area (Å²) >= 11 is 4.54. The van der Waals surface area contributed by atoms with Crippen LogP contribution in [0.3, 0.4) is 0 Å². The highest BCUT2D eigenvalue weighted by Gasteiger charge is 2.23. The molecule has 0 radical (unpaired) electrons. The lowest BCUT2D eigenvalue weighted by Crippen LogP contribution is -1.97. The number of hydrogen-bond acceptors (Lipinski definition) is 11. The van der Waals surface area contributed by atoms with Gasteiger partial charge in [-0.3, -0.25) is 4.55 Å². The van der Waals surface area contributed by atoms with E-state index in [1.807, 2.05) is 42.5 Å². The summed E-state index contributed by atoms with van der Waals surface area (Å²) in [5.74, 6) is 1.11. The van der Waals surface area contributed by atoms with Gasteiger partial charge < -0.3 is 9.97 Å². The van der Waals surface area contributed by atoms with Crippen LogP contribution in [0, 0.1) is 0 Å². The molecule has 0 saturated heterocycles. The van der Waals surface area contributed by atoms with Crippen LogP contribution in [0.25, 0.3) is 89.7 Å². The largest absolute Gasteiger partial charge is 0.324 e.